The average Bonchev–Trinajstić information content (AvgIpc) is 2.49. The van der Waals surface area contributed by atoms with Crippen LogP contribution in [0.1, 0.15) is 36.8 Å². The summed E-state index contributed by atoms with van der Waals surface area (Å²) in [6, 6.07) is 0.378. The second-order valence-corrected chi connectivity index (χ2v) is 5.66. The summed E-state index contributed by atoms with van der Waals surface area (Å²) in [6.07, 6.45) is 2.15. The SMILES string of the molecule is CSC(C)CNC(C)c1c(C)nn(C)c1C. The summed E-state index contributed by atoms with van der Waals surface area (Å²) >= 11 is 1.89. The predicted molar refractivity (Wildman–Crippen MR) is 72.1 cm³/mol. The van der Waals surface area contributed by atoms with E-state index in [1.165, 1.54) is 11.3 Å². The maximum absolute atomic E-state index is 4.45. The minimum absolute atomic E-state index is 0.378. The van der Waals surface area contributed by atoms with Crippen LogP contribution in [0, 0.1) is 13.8 Å². The number of nitrogens with zero attached hydrogens (tertiary/aromatic N) is 2. The highest BCUT2D eigenvalue weighted by Crippen LogP contribution is 2.20. The Morgan fingerprint density at radius 3 is 2.44 bits per heavy atom. The van der Waals surface area contributed by atoms with E-state index in [9.17, 15) is 0 Å². The van der Waals surface area contributed by atoms with Gasteiger partial charge in [0.1, 0.15) is 0 Å². The first-order valence-electron chi connectivity index (χ1n) is 5.73. The maximum atomic E-state index is 4.45. The first-order chi connectivity index (χ1) is 7.47. The number of hydrogen-bond donors (Lipinski definition) is 1. The lowest BCUT2D eigenvalue weighted by Gasteiger charge is -2.17. The lowest BCUT2D eigenvalue weighted by molar-refractivity contribution is 0.570. The molecule has 2 atom stereocenters. The van der Waals surface area contributed by atoms with Gasteiger partial charge in [0.05, 0.1) is 5.69 Å². The van der Waals surface area contributed by atoms with Crippen molar-refractivity contribution in [3.05, 3.63) is 17.0 Å². The average molecular weight is 241 g/mol. The number of rotatable bonds is 5. The Hall–Kier alpha value is -0.480. The Kier molecular flexibility index (Phi) is 4.87. The highest BCUT2D eigenvalue weighted by Gasteiger charge is 2.16. The third-order valence-corrected chi connectivity index (χ3v) is 4.08. The van der Waals surface area contributed by atoms with E-state index in [4.69, 9.17) is 0 Å². The maximum Gasteiger partial charge on any atom is 0.0644 e. The van der Waals surface area contributed by atoms with E-state index < -0.39 is 0 Å². The third-order valence-electron chi connectivity index (χ3n) is 3.11. The molecule has 0 amide bonds. The van der Waals surface area contributed by atoms with Crippen LogP contribution in [0.5, 0.6) is 0 Å². The molecule has 0 aliphatic heterocycles. The minimum atomic E-state index is 0.378. The van der Waals surface area contributed by atoms with E-state index in [0.717, 1.165) is 12.2 Å². The van der Waals surface area contributed by atoms with Crippen LogP contribution in [0.15, 0.2) is 0 Å². The van der Waals surface area contributed by atoms with Gasteiger partial charge in [-0.05, 0) is 27.0 Å². The van der Waals surface area contributed by atoms with Crippen molar-refractivity contribution in [2.24, 2.45) is 7.05 Å². The fourth-order valence-corrected chi connectivity index (χ4v) is 2.21. The molecule has 0 fully saturated rings. The van der Waals surface area contributed by atoms with E-state index in [0.29, 0.717) is 11.3 Å². The van der Waals surface area contributed by atoms with Crippen molar-refractivity contribution in [2.45, 2.75) is 39.0 Å². The predicted octanol–water partition coefficient (Wildman–Crippen LogP) is 2.44. The van der Waals surface area contributed by atoms with Crippen LogP contribution in [0.4, 0.5) is 0 Å². The number of aryl methyl sites for hydroxylation is 2. The zero-order chi connectivity index (χ0) is 12.3. The van der Waals surface area contributed by atoms with Gasteiger partial charge in [0.25, 0.3) is 0 Å². The molecule has 2 unspecified atom stereocenters. The second kappa shape index (κ2) is 5.73. The van der Waals surface area contributed by atoms with E-state index >= 15 is 0 Å². The Labute approximate surface area is 103 Å². The standard InChI is InChI=1S/C12H23N3S/c1-8(16-6)7-13-9(2)12-10(3)14-15(5)11(12)4/h8-9,13H,7H2,1-6H3. The van der Waals surface area contributed by atoms with Gasteiger partial charge in [0.15, 0.2) is 0 Å². The Morgan fingerprint density at radius 1 is 1.38 bits per heavy atom. The van der Waals surface area contributed by atoms with Crippen LogP contribution < -0.4 is 5.32 Å². The molecule has 0 aromatic carbocycles. The minimum Gasteiger partial charge on any atom is -0.309 e. The third kappa shape index (κ3) is 3.01. The van der Waals surface area contributed by atoms with Gasteiger partial charge in [-0.25, -0.2) is 0 Å². The van der Waals surface area contributed by atoms with Gasteiger partial charge < -0.3 is 5.32 Å². The largest absolute Gasteiger partial charge is 0.309 e. The van der Waals surface area contributed by atoms with Gasteiger partial charge >= 0.3 is 0 Å². The van der Waals surface area contributed by atoms with E-state index in [2.05, 4.69) is 44.4 Å². The van der Waals surface area contributed by atoms with Crippen molar-refractivity contribution in [1.29, 1.82) is 0 Å². The molecule has 0 bridgehead atoms. The molecule has 1 heterocycles. The molecule has 1 rings (SSSR count). The molecular formula is C12H23N3S. The van der Waals surface area contributed by atoms with Crippen molar-refractivity contribution in [1.82, 2.24) is 15.1 Å². The summed E-state index contributed by atoms with van der Waals surface area (Å²) < 4.78 is 1.96. The number of thioether (sulfide) groups is 1. The van der Waals surface area contributed by atoms with Gasteiger partial charge in [0.2, 0.25) is 0 Å². The fraction of sp³-hybridized carbons (Fsp3) is 0.750. The molecule has 16 heavy (non-hydrogen) atoms. The lowest BCUT2D eigenvalue weighted by atomic mass is 10.1. The smallest absolute Gasteiger partial charge is 0.0644 e. The highest BCUT2D eigenvalue weighted by atomic mass is 32.2. The Morgan fingerprint density at radius 2 is 2.00 bits per heavy atom. The summed E-state index contributed by atoms with van der Waals surface area (Å²) in [5, 5.41) is 8.67. The summed E-state index contributed by atoms with van der Waals surface area (Å²) in [7, 11) is 2.00. The van der Waals surface area contributed by atoms with Crippen LogP contribution in [-0.4, -0.2) is 27.8 Å². The quantitative estimate of drug-likeness (QED) is 0.858. The van der Waals surface area contributed by atoms with Crippen molar-refractivity contribution < 1.29 is 0 Å². The first kappa shape index (κ1) is 13.6. The normalized spacial score (nSPS) is 15.1. The molecule has 0 spiro atoms. The fourth-order valence-electron chi connectivity index (χ4n) is 1.94. The summed E-state index contributed by atoms with van der Waals surface area (Å²) in [4.78, 5) is 0. The van der Waals surface area contributed by atoms with Crippen molar-refractivity contribution in [2.75, 3.05) is 12.8 Å². The van der Waals surface area contributed by atoms with Crippen molar-refractivity contribution in [3.8, 4) is 0 Å². The summed E-state index contributed by atoms with van der Waals surface area (Å²) in [5.74, 6) is 0. The molecule has 0 aliphatic carbocycles. The van der Waals surface area contributed by atoms with Crippen LogP contribution in [0.3, 0.4) is 0 Å². The van der Waals surface area contributed by atoms with E-state index in [1.54, 1.807) is 0 Å². The monoisotopic (exact) mass is 241 g/mol. The Bertz CT molecular complexity index is 346. The van der Waals surface area contributed by atoms with E-state index in [-0.39, 0.29) is 0 Å². The van der Waals surface area contributed by atoms with Crippen LogP contribution >= 0.6 is 11.8 Å². The first-order valence-corrected chi connectivity index (χ1v) is 7.02. The number of nitrogens with one attached hydrogen (secondary N) is 1. The van der Waals surface area contributed by atoms with Crippen LogP contribution in [-0.2, 0) is 7.05 Å². The molecule has 0 radical (unpaired) electrons. The van der Waals surface area contributed by atoms with Crippen LogP contribution in [0.25, 0.3) is 0 Å². The zero-order valence-corrected chi connectivity index (χ0v) is 12.0. The molecule has 0 saturated carbocycles. The van der Waals surface area contributed by atoms with Crippen molar-refractivity contribution >= 4 is 11.8 Å². The molecule has 92 valence electrons. The summed E-state index contributed by atoms with van der Waals surface area (Å²) in [5.41, 5.74) is 3.74. The second-order valence-electron chi connectivity index (χ2n) is 4.38. The van der Waals surface area contributed by atoms with E-state index in [1.807, 2.05) is 23.5 Å². The van der Waals surface area contributed by atoms with Gasteiger partial charge in [0, 0.05) is 36.1 Å². The molecule has 1 aromatic rings. The molecular weight excluding hydrogens is 218 g/mol. The summed E-state index contributed by atoms with van der Waals surface area (Å²) in [6.45, 7) is 9.71. The molecule has 1 N–H and O–H groups in total. The molecule has 0 saturated heterocycles. The molecule has 4 heteroatoms. The number of hydrogen-bond acceptors (Lipinski definition) is 3. The Balaban J connectivity index is 2.69. The van der Waals surface area contributed by atoms with Gasteiger partial charge in [-0.3, -0.25) is 4.68 Å². The van der Waals surface area contributed by atoms with Gasteiger partial charge in [-0.15, -0.1) is 0 Å². The van der Waals surface area contributed by atoms with Gasteiger partial charge in [-0.2, -0.15) is 16.9 Å². The van der Waals surface area contributed by atoms with Crippen molar-refractivity contribution in [3.63, 3.8) is 0 Å². The van der Waals surface area contributed by atoms with Crippen LogP contribution in [0.2, 0.25) is 0 Å². The molecule has 0 aliphatic rings. The zero-order valence-electron chi connectivity index (χ0n) is 11.2. The molecule has 3 nitrogen and oxygen atoms in total. The highest BCUT2D eigenvalue weighted by molar-refractivity contribution is 7.99. The topological polar surface area (TPSA) is 29.9 Å². The van der Waals surface area contributed by atoms with Gasteiger partial charge in [-0.1, -0.05) is 6.92 Å². The lowest BCUT2D eigenvalue weighted by Crippen LogP contribution is -2.26. The number of aromatic nitrogens is 2. The molecule has 1 aromatic heterocycles.